The summed E-state index contributed by atoms with van der Waals surface area (Å²) in [4.78, 5) is 0. The van der Waals surface area contributed by atoms with Gasteiger partial charge in [0.1, 0.15) is 11.6 Å². The van der Waals surface area contributed by atoms with Crippen LogP contribution in [-0.2, 0) is 0 Å². The molecule has 0 amide bonds. The van der Waals surface area contributed by atoms with Crippen molar-refractivity contribution in [1.29, 1.82) is 0 Å². The van der Waals surface area contributed by atoms with Crippen molar-refractivity contribution in [2.24, 2.45) is 11.5 Å². The Morgan fingerprint density at radius 2 is 1.88 bits per heavy atom. The lowest BCUT2D eigenvalue weighted by Crippen LogP contribution is -2.15. The molecule has 6 heteroatoms. The van der Waals surface area contributed by atoms with Crippen LogP contribution >= 0.6 is 28.3 Å². The highest BCUT2D eigenvalue weighted by Crippen LogP contribution is 2.27. The Bertz CT molecular complexity index is 364. The maximum Gasteiger partial charge on any atom is 0.145 e. The molecule has 1 atom stereocenters. The zero-order valence-electron chi connectivity index (χ0n) is 9.26. The van der Waals surface area contributed by atoms with Gasteiger partial charge in [-0.05, 0) is 47.4 Å². The first-order chi connectivity index (χ1) is 7.57. The Kier molecular flexibility index (Phi) is 7.87. The van der Waals surface area contributed by atoms with Crippen molar-refractivity contribution in [3.8, 4) is 0 Å². The second-order valence-corrected chi connectivity index (χ2v) is 4.50. The quantitative estimate of drug-likeness (QED) is 0.643. The van der Waals surface area contributed by atoms with Crippen molar-refractivity contribution in [3.05, 3.63) is 33.8 Å². The van der Waals surface area contributed by atoms with Gasteiger partial charge in [0.05, 0.1) is 4.47 Å². The van der Waals surface area contributed by atoms with Crippen LogP contribution in [-0.4, -0.2) is 6.54 Å². The van der Waals surface area contributed by atoms with Crippen LogP contribution in [0.2, 0.25) is 0 Å². The first-order valence-electron chi connectivity index (χ1n) is 5.17. The highest BCUT2D eigenvalue weighted by molar-refractivity contribution is 9.10. The number of benzene rings is 1. The highest BCUT2D eigenvalue weighted by Gasteiger charge is 2.18. The van der Waals surface area contributed by atoms with E-state index in [9.17, 15) is 8.78 Å². The summed E-state index contributed by atoms with van der Waals surface area (Å²) in [5.74, 6) is -1.21. The summed E-state index contributed by atoms with van der Waals surface area (Å²) in [6, 6.07) is 1.93. The lowest BCUT2D eigenvalue weighted by molar-refractivity contribution is 0.497. The van der Waals surface area contributed by atoms with Crippen molar-refractivity contribution >= 4 is 28.3 Å². The van der Waals surface area contributed by atoms with Gasteiger partial charge in [0.25, 0.3) is 0 Å². The number of unbranched alkanes of at least 4 members (excludes halogenated alkanes) is 1. The van der Waals surface area contributed by atoms with E-state index in [0.29, 0.717) is 13.0 Å². The van der Waals surface area contributed by atoms with E-state index in [4.69, 9.17) is 11.5 Å². The zero-order valence-corrected chi connectivity index (χ0v) is 11.7. The molecular formula is C11H16BrClF2N2. The van der Waals surface area contributed by atoms with E-state index < -0.39 is 17.7 Å². The second-order valence-electron chi connectivity index (χ2n) is 3.65. The normalized spacial score (nSPS) is 12.1. The number of hydrogen-bond acceptors (Lipinski definition) is 2. The molecule has 0 aliphatic heterocycles. The van der Waals surface area contributed by atoms with Gasteiger partial charge < -0.3 is 11.5 Å². The maximum atomic E-state index is 13.6. The van der Waals surface area contributed by atoms with Crippen molar-refractivity contribution in [1.82, 2.24) is 0 Å². The Morgan fingerprint density at radius 1 is 1.24 bits per heavy atom. The van der Waals surface area contributed by atoms with Crippen LogP contribution in [0.15, 0.2) is 16.6 Å². The SMILES string of the molecule is Cl.NCCCC[C@H](N)c1c(F)ccc(Br)c1F. The van der Waals surface area contributed by atoms with Crippen LogP contribution in [0.3, 0.4) is 0 Å². The van der Waals surface area contributed by atoms with Gasteiger partial charge in [0.15, 0.2) is 0 Å². The standard InChI is InChI=1S/C11H15BrF2N2.ClH/c12-7-4-5-8(13)10(11(7)14)9(16)3-1-2-6-15;/h4-5,9H,1-3,6,15-16H2;1H/t9-;/m0./s1. The van der Waals surface area contributed by atoms with Crippen LogP contribution in [0.25, 0.3) is 0 Å². The molecule has 4 N–H and O–H groups in total. The van der Waals surface area contributed by atoms with Gasteiger partial charge in [0, 0.05) is 11.6 Å². The van der Waals surface area contributed by atoms with Crippen LogP contribution < -0.4 is 11.5 Å². The fourth-order valence-electron chi connectivity index (χ4n) is 1.54. The fraction of sp³-hybridized carbons (Fsp3) is 0.455. The van der Waals surface area contributed by atoms with Gasteiger partial charge >= 0.3 is 0 Å². The highest BCUT2D eigenvalue weighted by atomic mass is 79.9. The molecule has 17 heavy (non-hydrogen) atoms. The smallest absolute Gasteiger partial charge is 0.145 e. The van der Waals surface area contributed by atoms with Gasteiger partial charge in [-0.15, -0.1) is 12.4 Å². The maximum absolute atomic E-state index is 13.6. The van der Waals surface area contributed by atoms with Crippen molar-refractivity contribution in [3.63, 3.8) is 0 Å². The van der Waals surface area contributed by atoms with E-state index in [0.717, 1.165) is 12.8 Å². The fourth-order valence-corrected chi connectivity index (χ4v) is 1.88. The largest absolute Gasteiger partial charge is 0.330 e. The lowest BCUT2D eigenvalue weighted by Gasteiger charge is -2.14. The monoisotopic (exact) mass is 328 g/mol. The molecule has 0 radical (unpaired) electrons. The average Bonchev–Trinajstić information content (AvgIpc) is 2.24. The van der Waals surface area contributed by atoms with Crippen LogP contribution in [0, 0.1) is 11.6 Å². The molecule has 0 bridgehead atoms. The number of nitrogens with two attached hydrogens (primary N) is 2. The van der Waals surface area contributed by atoms with Gasteiger partial charge in [-0.1, -0.05) is 6.42 Å². The van der Waals surface area contributed by atoms with Crippen molar-refractivity contribution < 1.29 is 8.78 Å². The predicted molar refractivity (Wildman–Crippen MR) is 71.1 cm³/mol. The molecule has 1 rings (SSSR count). The van der Waals surface area contributed by atoms with Crippen LogP contribution in [0.5, 0.6) is 0 Å². The Balaban J connectivity index is 0.00000256. The number of halogens is 4. The van der Waals surface area contributed by atoms with E-state index in [2.05, 4.69) is 15.9 Å². The number of rotatable bonds is 5. The van der Waals surface area contributed by atoms with Crippen LogP contribution in [0.1, 0.15) is 30.9 Å². The van der Waals surface area contributed by atoms with Crippen molar-refractivity contribution in [2.45, 2.75) is 25.3 Å². The zero-order chi connectivity index (χ0) is 12.1. The molecule has 0 heterocycles. The van der Waals surface area contributed by atoms with Crippen molar-refractivity contribution in [2.75, 3.05) is 6.54 Å². The molecule has 0 aliphatic rings. The Labute approximate surface area is 114 Å². The molecule has 0 fully saturated rings. The third-order valence-electron chi connectivity index (χ3n) is 2.42. The van der Waals surface area contributed by atoms with Gasteiger partial charge in [-0.2, -0.15) is 0 Å². The molecule has 0 aromatic heterocycles. The summed E-state index contributed by atoms with van der Waals surface area (Å²) in [6.45, 7) is 0.566. The molecular weight excluding hydrogens is 313 g/mol. The van der Waals surface area contributed by atoms with E-state index in [-0.39, 0.29) is 22.4 Å². The Hall–Kier alpha value is -0.230. The minimum absolute atomic E-state index is 0. The van der Waals surface area contributed by atoms with Crippen LogP contribution in [0.4, 0.5) is 8.78 Å². The minimum atomic E-state index is -0.621. The molecule has 1 aromatic carbocycles. The minimum Gasteiger partial charge on any atom is -0.330 e. The second kappa shape index (κ2) is 7.97. The average molecular weight is 330 g/mol. The summed E-state index contributed by atoms with van der Waals surface area (Å²) in [6.07, 6.45) is 2.11. The first kappa shape index (κ1) is 16.8. The molecule has 0 spiro atoms. The summed E-state index contributed by atoms with van der Waals surface area (Å²) in [5, 5.41) is 0. The molecule has 2 nitrogen and oxygen atoms in total. The summed E-state index contributed by atoms with van der Waals surface area (Å²) in [5.41, 5.74) is 11.1. The topological polar surface area (TPSA) is 52.0 Å². The Morgan fingerprint density at radius 3 is 2.47 bits per heavy atom. The van der Waals surface area contributed by atoms with Gasteiger partial charge in [-0.3, -0.25) is 0 Å². The molecule has 0 aliphatic carbocycles. The predicted octanol–water partition coefficient (Wildman–Crippen LogP) is 3.28. The number of hydrogen-bond donors (Lipinski definition) is 2. The van der Waals surface area contributed by atoms with E-state index in [1.807, 2.05) is 0 Å². The third-order valence-corrected chi connectivity index (χ3v) is 3.03. The first-order valence-corrected chi connectivity index (χ1v) is 5.96. The van der Waals surface area contributed by atoms with E-state index >= 15 is 0 Å². The molecule has 0 saturated heterocycles. The molecule has 98 valence electrons. The van der Waals surface area contributed by atoms with E-state index in [1.54, 1.807) is 0 Å². The molecule has 1 aromatic rings. The molecule has 0 unspecified atom stereocenters. The van der Waals surface area contributed by atoms with Gasteiger partial charge in [-0.25, -0.2) is 8.78 Å². The van der Waals surface area contributed by atoms with Gasteiger partial charge in [0.2, 0.25) is 0 Å². The third kappa shape index (κ3) is 4.50. The lowest BCUT2D eigenvalue weighted by atomic mass is 10.0. The molecule has 0 saturated carbocycles. The summed E-state index contributed by atoms with van der Waals surface area (Å²) in [7, 11) is 0. The summed E-state index contributed by atoms with van der Waals surface area (Å²) >= 11 is 3.01. The summed E-state index contributed by atoms with van der Waals surface area (Å²) < 4.78 is 27.3. The van der Waals surface area contributed by atoms with E-state index in [1.165, 1.54) is 12.1 Å².